The first-order valence-electron chi connectivity index (χ1n) is 10.9. The standard InChI is InChI=1S/C26H22O6S/c1-2-5-17-12-18-22(14-21(17)32-26(28)24-6-3-11-33-24)31-15-19(25(18)27)16-7-8-20-23(13-16)30-10-4-9-29-20/h3,6-8,11-15H,2,4-5,9-10H2,1H3. The highest BCUT2D eigenvalue weighted by molar-refractivity contribution is 7.12. The van der Waals surface area contributed by atoms with Crippen LogP contribution in [0, 0.1) is 0 Å². The molecule has 0 saturated heterocycles. The Morgan fingerprint density at radius 3 is 2.73 bits per heavy atom. The average Bonchev–Trinajstić information content (AvgIpc) is 3.26. The zero-order valence-corrected chi connectivity index (χ0v) is 18.9. The van der Waals surface area contributed by atoms with E-state index in [9.17, 15) is 9.59 Å². The number of hydrogen-bond donors (Lipinski definition) is 0. The third-order valence-corrected chi connectivity index (χ3v) is 6.31. The van der Waals surface area contributed by atoms with Gasteiger partial charge in [-0.2, -0.15) is 0 Å². The summed E-state index contributed by atoms with van der Waals surface area (Å²) in [6.45, 7) is 3.20. The van der Waals surface area contributed by atoms with Crippen LogP contribution in [0.25, 0.3) is 22.1 Å². The number of esters is 1. The Morgan fingerprint density at radius 1 is 1.09 bits per heavy atom. The van der Waals surface area contributed by atoms with Crippen LogP contribution in [0.4, 0.5) is 0 Å². The smallest absolute Gasteiger partial charge is 0.353 e. The van der Waals surface area contributed by atoms with Gasteiger partial charge in [0.05, 0.1) is 24.2 Å². The van der Waals surface area contributed by atoms with Gasteiger partial charge >= 0.3 is 5.97 Å². The molecule has 33 heavy (non-hydrogen) atoms. The molecule has 7 heteroatoms. The summed E-state index contributed by atoms with van der Waals surface area (Å²) < 4.78 is 22.9. The zero-order valence-electron chi connectivity index (χ0n) is 18.1. The van der Waals surface area contributed by atoms with E-state index in [0.29, 0.717) is 63.9 Å². The van der Waals surface area contributed by atoms with Gasteiger partial charge in [-0.15, -0.1) is 11.3 Å². The summed E-state index contributed by atoms with van der Waals surface area (Å²) in [6, 6.07) is 12.4. The maximum Gasteiger partial charge on any atom is 0.353 e. The monoisotopic (exact) mass is 462 g/mol. The van der Waals surface area contributed by atoms with Crippen molar-refractivity contribution >= 4 is 28.3 Å². The van der Waals surface area contributed by atoms with E-state index in [0.717, 1.165) is 18.4 Å². The Morgan fingerprint density at radius 2 is 1.94 bits per heavy atom. The lowest BCUT2D eigenvalue weighted by Gasteiger charge is -2.12. The Balaban J connectivity index is 1.56. The molecule has 4 aromatic rings. The van der Waals surface area contributed by atoms with Crippen molar-refractivity contribution in [2.24, 2.45) is 0 Å². The Labute approximate surface area is 194 Å². The summed E-state index contributed by atoms with van der Waals surface area (Å²) >= 11 is 1.32. The largest absolute Gasteiger partial charge is 0.490 e. The second-order valence-electron chi connectivity index (χ2n) is 7.76. The van der Waals surface area contributed by atoms with Crippen LogP contribution in [-0.2, 0) is 6.42 Å². The molecule has 0 N–H and O–H groups in total. The van der Waals surface area contributed by atoms with Crippen LogP contribution in [0.3, 0.4) is 0 Å². The van der Waals surface area contributed by atoms with E-state index in [-0.39, 0.29) is 5.43 Å². The quantitative estimate of drug-likeness (QED) is 0.273. The molecular formula is C26H22O6S. The SMILES string of the molecule is CCCc1cc2c(=O)c(-c3ccc4c(c3)OCCCO4)coc2cc1OC(=O)c1cccs1. The van der Waals surface area contributed by atoms with Crippen molar-refractivity contribution in [3.8, 4) is 28.4 Å². The maximum absolute atomic E-state index is 13.4. The lowest BCUT2D eigenvalue weighted by Crippen LogP contribution is -2.10. The fraction of sp³-hybridized carbons (Fsp3) is 0.231. The minimum absolute atomic E-state index is 0.153. The van der Waals surface area contributed by atoms with E-state index >= 15 is 0 Å². The number of rotatable bonds is 5. The lowest BCUT2D eigenvalue weighted by molar-refractivity contribution is 0.0738. The summed E-state index contributed by atoms with van der Waals surface area (Å²) in [5.41, 5.74) is 2.13. The topological polar surface area (TPSA) is 75.0 Å². The van der Waals surface area contributed by atoms with E-state index in [4.69, 9.17) is 18.6 Å². The van der Waals surface area contributed by atoms with Crippen molar-refractivity contribution < 1.29 is 23.4 Å². The number of carbonyl (C=O) groups excluding carboxylic acids is 1. The molecule has 1 aliphatic heterocycles. The lowest BCUT2D eigenvalue weighted by atomic mass is 10.0. The summed E-state index contributed by atoms with van der Waals surface area (Å²) in [5, 5.41) is 2.27. The molecule has 0 aliphatic carbocycles. The molecular weight excluding hydrogens is 440 g/mol. The summed E-state index contributed by atoms with van der Waals surface area (Å²) in [7, 11) is 0. The van der Waals surface area contributed by atoms with Gasteiger partial charge in [0, 0.05) is 12.5 Å². The molecule has 2 aromatic heterocycles. The van der Waals surface area contributed by atoms with Crippen LogP contribution in [0.1, 0.15) is 35.0 Å². The van der Waals surface area contributed by atoms with E-state index < -0.39 is 5.97 Å². The van der Waals surface area contributed by atoms with Crippen molar-refractivity contribution in [3.63, 3.8) is 0 Å². The van der Waals surface area contributed by atoms with E-state index in [1.807, 2.05) is 30.5 Å². The van der Waals surface area contributed by atoms with Crippen LogP contribution in [0.5, 0.6) is 17.2 Å². The fourth-order valence-corrected chi connectivity index (χ4v) is 4.44. The third kappa shape index (κ3) is 4.24. The molecule has 2 aromatic carbocycles. The van der Waals surface area contributed by atoms with Gasteiger partial charge < -0.3 is 18.6 Å². The van der Waals surface area contributed by atoms with Gasteiger partial charge in [0.25, 0.3) is 0 Å². The van der Waals surface area contributed by atoms with Crippen molar-refractivity contribution in [1.82, 2.24) is 0 Å². The highest BCUT2D eigenvalue weighted by Gasteiger charge is 2.18. The second-order valence-corrected chi connectivity index (χ2v) is 8.71. The maximum atomic E-state index is 13.4. The van der Waals surface area contributed by atoms with Gasteiger partial charge in [0.15, 0.2) is 11.5 Å². The third-order valence-electron chi connectivity index (χ3n) is 5.46. The predicted molar refractivity (Wildman–Crippen MR) is 127 cm³/mol. The summed E-state index contributed by atoms with van der Waals surface area (Å²) in [6.07, 6.45) is 3.75. The Bertz CT molecular complexity index is 1370. The first-order chi connectivity index (χ1) is 16.1. The molecule has 6 nitrogen and oxygen atoms in total. The minimum Gasteiger partial charge on any atom is -0.490 e. The molecule has 168 valence electrons. The van der Waals surface area contributed by atoms with E-state index in [2.05, 4.69) is 0 Å². The molecule has 0 atom stereocenters. The van der Waals surface area contributed by atoms with Crippen LogP contribution >= 0.6 is 11.3 Å². The number of thiophene rings is 1. The highest BCUT2D eigenvalue weighted by atomic mass is 32.1. The number of fused-ring (bicyclic) bond motifs is 2. The predicted octanol–water partition coefficient (Wildman–Crippen LogP) is 5.85. The Hall–Kier alpha value is -3.58. The number of carbonyl (C=O) groups is 1. The minimum atomic E-state index is -0.423. The number of hydrogen-bond acceptors (Lipinski definition) is 7. The van der Waals surface area contributed by atoms with Gasteiger partial charge in [-0.05, 0) is 47.2 Å². The van der Waals surface area contributed by atoms with Gasteiger partial charge in [-0.25, -0.2) is 4.79 Å². The van der Waals surface area contributed by atoms with E-state index in [1.165, 1.54) is 17.6 Å². The van der Waals surface area contributed by atoms with Gasteiger partial charge in [-0.3, -0.25) is 4.79 Å². The molecule has 0 saturated carbocycles. The molecule has 1 aliphatic rings. The van der Waals surface area contributed by atoms with Crippen molar-refractivity contribution in [3.05, 3.63) is 74.8 Å². The first-order valence-corrected chi connectivity index (χ1v) is 11.8. The van der Waals surface area contributed by atoms with Crippen molar-refractivity contribution in [2.75, 3.05) is 13.2 Å². The normalized spacial score (nSPS) is 13.0. The van der Waals surface area contributed by atoms with Crippen LogP contribution in [-0.4, -0.2) is 19.2 Å². The molecule has 3 heterocycles. The molecule has 0 unspecified atom stereocenters. The molecule has 0 amide bonds. The summed E-state index contributed by atoms with van der Waals surface area (Å²) in [5.74, 6) is 1.28. The second kappa shape index (κ2) is 9.11. The van der Waals surface area contributed by atoms with Gasteiger partial charge in [0.2, 0.25) is 5.43 Å². The Kier molecular flexibility index (Phi) is 5.88. The highest BCUT2D eigenvalue weighted by Crippen LogP contribution is 2.34. The first kappa shape index (κ1) is 21.3. The van der Waals surface area contributed by atoms with Crippen LogP contribution in [0.15, 0.2) is 63.3 Å². The molecule has 0 fully saturated rings. The van der Waals surface area contributed by atoms with Crippen molar-refractivity contribution in [1.29, 1.82) is 0 Å². The van der Waals surface area contributed by atoms with Gasteiger partial charge in [-0.1, -0.05) is 25.5 Å². The van der Waals surface area contributed by atoms with Crippen LogP contribution in [0.2, 0.25) is 0 Å². The average molecular weight is 463 g/mol. The molecule has 0 radical (unpaired) electrons. The molecule has 0 spiro atoms. The zero-order chi connectivity index (χ0) is 22.8. The molecule has 0 bridgehead atoms. The number of ether oxygens (including phenoxy) is 3. The van der Waals surface area contributed by atoms with Crippen LogP contribution < -0.4 is 19.6 Å². The van der Waals surface area contributed by atoms with Gasteiger partial charge in [0.1, 0.15) is 22.5 Å². The number of aryl methyl sites for hydroxylation is 1. The van der Waals surface area contributed by atoms with Crippen molar-refractivity contribution in [2.45, 2.75) is 26.2 Å². The van der Waals surface area contributed by atoms with E-state index in [1.54, 1.807) is 24.3 Å². The fourth-order valence-electron chi connectivity index (χ4n) is 3.84. The number of benzene rings is 2. The summed E-state index contributed by atoms with van der Waals surface area (Å²) in [4.78, 5) is 26.4. The molecule has 5 rings (SSSR count).